The van der Waals surface area contributed by atoms with Crippen molar-refractivity contribution in [3.05, 3.63) is 71.3 Å². The summed E-state index contributed by atoms with van der Waals surface area (Å²) in [6.45, 7) is 8.54. The number of amides is 1. The van der Waals surface area contributed by atoms with E-state index in [1.54, 1.807) is 0 Å². The fourth-order valence-electron chi connectivity index (χ4n) is 5.46. The SMILES string of the molecule is CC(C)(C)OC(=O)N(CC1(CN2Cc3ccccc3C[C@@H]2OC=O)CC1)[C@H]1C[C@@H]1c1ccccc1. The lowest BCUT2D eigenvalue weighted by molar-refractivity contribution is -0.146. The monoisotopic (exact) mass is 476 g/mol. The molecule has 1 heterocycles. The molecular weight excluding hydrogens is 440 g/mol. The highest BCUT2D eigenvalue weighted by molar-refractivity contribution is 5.69. The molecule has 2 aliphatic carbocycles. The first-order valence-electron chi connectivity index (χ1n) is 12.7. The lowest BCUT2D eigenvalue weighted by Crippen LogP contribution is -2.48. The molecule has 35 heavy (non-hydrogen) atoms. The minimum Gasteiger partial charge on any atom is -0.448 e. The van der Waals surface area contributed by atoms with Gasteiger partial charge in [-0.15, -0.1) is 0 Å². The third-order valence-electron chi connectivity index (χ3n) is 7.52. The zero-order chi connectivity index (χ0) is 24.6. The number of carbonyl (C=O) groups is 2. The molecule has 2 saturated carbocycles. The van der Waals surface area contributed by atoms with Gasteiger partial charge in [0.25, 0.3) is 6.47 Å². The van der Waals surface area contributed by atoms with Crippen molar-refractivity contribution < 1.29 is 19.1 Å². The molecule has 5 rings (SSSR count). The largest absolute Gasteiger partial charge is 0.448 e. The van der Waals surface area contributed by atoms with Crippen LogP contribution in [0.5, 0.6) is 0 Å². The van der Waals surface area contributed by atoms with Gasteiger partial charge in [-0.1, -0.05) is 54.6 Å². The summed E-state index contributed by atoms with van der Waals surface area (Å²) in [5.74, 6) is 0.354. The second-order valence-corrected chi connectivity index (χ2v) is 11.5. The number of nitrogens with zero attached hydrogens (tertiary/aromatic N) is 2. The van der Waals surface area contributed by atoms with Gasteiger partial charge >= 0.3 is 6.09 Å². The van der Waals surface area contributed by atoms with Gasteiger partial charge in [0.1, 0.15) is 5.60 Å². The van der Waals surface area contributed by atoms with Crippen LogP contribution in [-0.4, -0.2) is 53.3 Å². The number of fused-ring (bicyclic) bond motifs is 1. The molecule has 3 aliphatic rings. The minimum atomic E-state index is -0.539. The van der Waals surface area contributed by atoms with Crippen molar-refractivity contribution in [1.29, 1.82) is 0 Å². The molecule has 0 unspecified atom stereocenters. The second kappa shape index (κ2) is 9.30. The summed E-state index contributed by atoms with van der Waals surface area (Å²) in [4.78, 5) is 28.9. The van der Waals surface area contributed by atoms with Crippen LogP contribution in [0.2, 0.25) is 0 Å². The van der Waals surface area contributed by atoms with Gasteiger partial charge in [-0.05, 0) is 56.7 Å². The normalized spacial score (nSPS) is 24.7. The number of benzene rings is 2. The molecule has 1 amide bonds. The average molecular weight is 477 g/mol. The van der Waals surface area contributed by atoms with Crippen LogP contribution in [0.15, 0.2) is 54.6 Å². The van der Waals surface area contributed by atoms with Gasteiger partial charge in [0, 0.05) is 43.4 Å². The third kappa shape index (κ3) is 5.53. The van der Waals surface area contributed by atoms with Gasteiger partial charge in [0.05, 0.1) is 0 Å². The molecule has 0 radical (unpaired) electrons. The van der Waals surface area contributed by atoms with Crippen LogP contribution in [0.1, 0.15) is 62.6 Å². The second-order valence-electron chi connectivity index (χ2n) is 11.5. The van der Waals surface area contributed by atoms with E-state index in [1.807, 2.05) is 37.8 Å². The zero-order valence-electron chi connectivity index (χ0n) is 21.0. The van der Waals surface area contributed by atoms with Crippen LogP contribution in [0.3, 0.4) is 0 Å². The highest BCUT2D eigenvalue weighted by atomic mass is 16.6. The molecule has 6 heteroatoms. The van der Waals surface area contributed by atoms with Crippen molar-refractivity contribution in [2.45, 2.75) is 76.8 Å². The van der Waals surface area contributed by atoms with Crippen LogP contribution < -0.4 is 0 Å². The Hall–Kier alpha value is -2.86. The molecule has 186 valence electrons. The lowest BCUT2D eigenvalue weighted by atomic mass is 9.96. The van der Waals surface area contributed by atoms with Crippen molar-refractivity contribution in [3.8, 4) is 0 Å². The maximum absolute atomic E-state index is 13.4. The van der Waals surface area contributed by atoms with E-state index in [-0.39, 0.29) is 23.8 Å². The summed E-state index contributed by atoms with van der Waals surface area (Å²) in [7, 11) is 0. The molecule has 2 fully saturated rings. The quantitative estimate of drug-likeness (QED) is 0.495. The van der Waals surface area contributed by atoms with Crippen LogP contribution in [-0.2, 0) is 27.2 Å². The van der Waals surface area contributed by atoms with E-state index in [1.165, 1.54) is 16.7 Å². The van der Waals surface area contributed by atoms with E-state index in [0.29, 0.717) is 25.4 Å². The van der Waals surface area contributed by atoms with E-state index in [0.717, 1.165) is 32.4 Å². The first-order chi connectivity index (χ1) is 16.8. The standard InChI is InChI=1S/C29H36N2O4/c1-28(2,3)35-27(33)31(25-16-24(25)21-9-5-4-6-10-21)19-29(13-14-29)18-30-17-23-12-8-7-11-22(23)15-26(30)34-20-32/h4-12,20,24-26H,13-19H2,1-3H3/t24-,25+,26+/m1/s1. The number of hydrogen-bond donors (Lipinski definition) is 0. The Labute approximate surface area is 208 Å². The molecule has 1 aliphatic heterocycles. The Morgan fingerprint density at radius 3 is 2.43 bits per heavy atom. The van der Waals surface area contributed by atoms with Crippen LogP contribution in [0, 0.1) is 5.41 Å². The highest BCUT2D eigenvalue weighted by Gasteiger charge is 2.53. The van der Waals surface area contributed by atoms with E-state index in [9.17, 15) is 9.59 Å². The summed E-state index contributed by atoms with van der Waals surface area (Å²) in [5.41, 5.74) is 3.26. The maximum Gasteiger partial charge on any atom is 0.410 e. The predicted molar refractivity (Wildman–Crippen MR) is 134 cm³/mol. The summed E-state index contributed by atoms with van der Waals surface area (Å²) in [6, 6.07) is 19.0. The number of ether oxygens (including phenoxy) is 2. The van der Waals surface area contributed by atoms with Crippen molar-refractivity contribution in [3.63, 3.8) is 0 Å². The lowest BCUT2D eigenvalue weighted by Gasteiger charge is -2.39. The summed E-state index contributed by atoms with van der Waals surface area (Å²) in [5, 5.41) is 0. The molecule has 2 aromatic rings. The van der Waals surface area contributed by atoms with Crippen LogP contribution >= 0.6 is 0 Å². The van der Waals surface area contributed by atoms with Crippen molar-refractivity contribution >= 4 is 12.6 Å². The Balaban J connectivity index is 1.33. The topological polar surface area (TPSA) is 59.1 Å². The molecule has 0 bridgehead atoms. The molecule has 0 spiro atoms. The Morgan fingerprint density at radius 1 is 1.09 bits per heavy atom. The van der Waals surface area contributed by atoms with Gasteiger partial charge in [-0.2, -0.15) is 0 Å². The van der Waals surface area contributed by atoms with Gasteiger partial charge < -0.3 is 14.4 Å². The van der Waals surface area contributed by atoms with Gasteiger partial charge in [-0.3, -0.25) is 9.69 Å². The Bertz CT molecular complexity index is 1060. The average Bonchev–Trinajstić information content (AvgIpc) is 3.74. The predicted octanol–water partition coefficient (Wildman–Crippen LogP) is 5.12. The van der Waals surface area contributed by atoms with Crippen LogP contribution in [0.25, 0.3) is 0 Å². The Kier molecular flexibility index (Phi) is 6.34. The van der Waals surface area contributed by atoms with Gasteiger partial charge in [0.2, 0.25) is 0 Å². The summed E-state index contributed by atoms with van der Waals surface area (Å²) in [6.07, 6.45) is 3.28. The fraction of sp³-hybridized carbons (Fsp3) is 0.517. The van der Waals surface area contributed by atoms with Crippen molar-refractivity contribution in [2.75, 3.05) is 13.1 Å². The third-order valence-corrected chi connectivity index (χ3v) is 7.52. The van der Waals surface area contributed by atoms with Crippen molar-refractivity contribution in [2.24, 2.45) is 5.41 Å². The number of carbonyl (C=O) groups excluding carboxylic acids is 2. The highest BCUT2D eigenvalue weighted by Crippen LogP contribution is 2.52. The zero-order valence-corrected chi connectivity index (χ0v) is 21.0. The molecule has 0 saturated heterocycles. The molecule has 0 N–H and O–H groups in total. The van der Waals surface area contributed by atoms with Gasteiger partial charge in [0.15, 0.2) is 6.23 Å². The molecular formula is C29H36N2O4. The van der Waals surface area contributed by atoms with Crippen LogP contribution in [0.4, 0.5) is 4.79 Å². The summed E-state index contributed by atoms with van der Waals surface area (Å²) >= 11 is 0. The smallest absolute Gasteiger partial charge is 0.410 e. The number of hydrogen-bond acceptors (Lipinski definition) is 5. The maximum atomic E-state index is 13.4. The fourth-order valence-corrected chi connectivity index (χ4v) is 5.46. The van der Waals surface area contributed by atoms with Crippen molar-refractivity contribution in [1.82, 2.24) is 9.80 Å². The number of rotatable bonds is 8. The summed E-state index contributed by atoms with van der Waals surface area (Å²) < 4.78 is 11.4. The van der Waals surface area contributed by atoms with E-state index >= 15 is 0 Å². The van der Waals surface area contributed by atoms with E-state index in [4.69, 9.17) is 9.47 Å². The molecule has 3 atom stereocenters. The molecule has 2 aromatic carbocycles. The minimum absolute atomic E-state index is 0.00247. The first-order valence-corrected chi connectivity index (χ1v) is 12.7. The molecule has 0 aromatic heterocycles. The van der Waals surface area contributed by atoms with E-state index in [2.05, 4.69) is 47.4 Å². The van der Waals surface area contributed by atoms with Gasteiger partial charge in [-0.25, -0.2) is 4.79 Å². The molecule has 6 nitrogen and oxygen atoms in total. The van der Waals surface area contributed by atoms with E-state index < -0.39 is 5.60 Å². The first kappa shape index (κ1) is 23.9. The Morgan fingerprint density at radius 2 is 1.77 bits per heavy atom.